The summed E-state index contributed by atoms with van der Waals surface area (Å²) in [7, 11) is 1.39. The quantitative estimate of drug-likeness (QED) is 0.156. The smallest absolute Gasteiger partial charge is 0.305 e. The van der Waals surface area contributed by atoms with Crippen LogP contribution in [-0.4, -0.2) is 52.0 Å². The molecule has 5 atom stereocenters. The molecule has 2 aliphatic rings. The van der Waals surface area contributed by atoms with Gasteiger partial charge >= 0.3 is 5.97 Å². The Morgan fingerprint density at radius 1 is 1.20 bits per heavy atom. The fourth-order valence-corrected chi connectivity index (χ4v) is 5.27. The minimum Gasteiger partial charge on any atom is -0.469 e. The van der Waals surface area contributed by atoms with Crippen molar-refractivity contribution in [3.63, 3.8) is 0 Å². The lowest BCUT2D eigenvalue weighted by atomic mass is 9.62. The predicted octanol–water partition coefficient (Wildman–Crippen LogP) is 4.29. The first-order valence-electron chi connectivity index (χ1n) is 11.4. The fourth-order valence-electron chi connectivity index (χ4n) is 4.88. The van der Waals surface area contributed by atoms with Gasteiger partial charge in [0, 0.05) is 24.1 Å². The Labute approximate surface area is 189 Å². The van der Waals surface area contributed by atoms with E-state index in [1.165, 1.54) is 13.5 Å². The maximum atomic E-state index is 11.1. The van der Waals surface area contributed by atoms with Crippen LogP contribution in [0.25, 0.3) is 0 Å². The van der Waals surface area contributed by atoms with Crippen LogP contribution < -0.4 is 0 Å². The number of carbonyl (C=O) groups excluding carboxylic acids is 1. The first kappa shape index (κ1) is 25.6. The Kier molecular flexibility index (Phi) is 11.1. The van der Waals surface area contributed by atoms with Crippen LogP contribution >= 0.6 is 15.9 Å². The molecule has 6 heteroatoms. The average molecular weight is 487 g/mol. The van der Waals surface area contributed by atoms with E-state index >= 15 is 0 Å². The molecule has 2 fully saturated rings. The number of aliphatic hydroxyl groups excluding tert-OH is 3. The standard InChI is InChI=1S/C24H39BrO5/c1-30-23(29)10-5-3-2-4-9-18-19(21(27)17-20(18)26)11-12-22(28)24(14-8-15-24)13-6-7-16-25/h2,4,11-12,18-22,26-28H,3,5-10,13-17H2,1H3/b4-2-,12-11+/t18-,19-,20+,21-,22-/m1/s1. The van der Waals surface area contributed by atoms with Gasteiger partial charge < -0.3 is 20.1 Å². The largest absolute Gasteiger partial charge is 0.469 e. The molecule has 2 rings (SSSR count). The molecule has 0 bridgehead atoms. The Balaban J connectivity index is 1.88. The zero-order valence-electron chi connectivity index (χ0n) is 18.2. The SMILES string of the molecule is COC(=O)CCC/C=C\C[C@@H]1[C@@H](/C=C/[C@@H](O)C2(CCCCBr)CCC2)[C@H](O)C[C@@H]1O. The van der Waals surface area contributed by atoms with Crippen molar-refractivity contribution in [2.24, 2.45) is 17.3 Å². The van der Waals surface area contributed by atoms with Crippen molar-refractivity contribution >= 4 is 21.9 Å². The zero-order valence-corrected chi connectivity index (χ0v) is 19.8. The number of allylic oxidation sites excluding steroid dienone is 2. The summed E-state index contributed by atoms with van der Waals surface area (Å²) in [6, 6.07) is 0. The number of methoxy groups -OCH3 is 1. The molecule has 0 aliphatic heterocycles. The minimum absolute atomic E-state index is 0.00409. The third-order valence-corrected chi connectivity index (χ3v) is 7.58. The summed E-state index contributed by atoms with van der Waals surface area (Å²) in [6.07, 6.45) is 15.9. The Morgan fingerprint density at radius 2 is 1.97 bits per heavy atom. The molecule has 0 radical (unpaired) electrons. The summed E-state index contributed by atoms with van der Waals surface area (Å²) in [5.41, 5.74) is -0.00409. The summed E-state index contributed by atoms with van der Waals surface area (Å²) in [5, 5.41) is 32.7. The van der Waals surface area contributed by atoms with E-state index in [-0.39, 0.29) is 23.2 Å². The third-order valence-electron chi connectivity index (χ3n) is 7.02. The molecule has 172 valence electrons. The molecule has 0 aromatic rings. The highest BCUT2D eigenvalue weighted by atomic mass is 79.9. The van der Waals surface area contributed by atoms with E-state index in [4.69, 9.17) is 0 Å². The maximum absolute atomic E-state index is 11.1. The zero-order chi connectivity index (χ0) is 22.0. The minimum atomic E-state index is -0.577. The van der Waals surface area contributed by atoms with Crippen LogP contribution in [0.4, 0.5) is 0 Å². The van der Waals surface area contributed by atoms with Crippen LogP contribution in [0.2, 0.25) is 0 Å². The van der Waals surface area contributed by atoms with Crippen molar-refractivity contribution in [3.8, 4) is 0 Å². The van der Waals surface area contributed by atoms with Gasteiger partial charge in [-0.3, -0.25) is 4.79 Å². The molecule has 0 unspecified atom stereocenters. The molecule has 0 amide bonds. The van der Waals surface area contributed by atoms with Gasteiger partial charge in [0.2, 0.25) is 0 Å². The predicted molar refractivity (Wildman–Crippen MR) is 122 cm³/mol. The molecule has 2 saturated carbocycles. The van der Waals surface area contributed by atoms with Gasteiger partial charge in [-0.1, -0.05) is 53.1 Å². The van der Waals surface area contributed by atoms with E-state index in [9.17, 15) is 20.1 Å². The van der Waals surface area contributed by atoms with E-state index in [0.717, 1.165) is 50.3 Å². The summed E-state index contributed by atoms with van der Waals surface area (Å²) in [6.45, 7) is 0. The van der Waals surface area contributed by atoms with Crippen molar-refractivity contribution in [3.05, 3.63) is 24.3 Å². The number of carbonyl (C=O) groups is 1. The number of hydrogen-bond acceptors (Lipinski definition) is 5. The number of rotatable bonds is 13. The third kappa shape index (κ3) is 7.18. The van der Waals surface area contributed by atoms with Crippen LogP contribution in [0.15, 0.2) is 24.3 Å². The summed E-state index contributed by atoms with van der Waals surface area (Å²) in [4.78, 5) is 11.1. The highest BCUT2D eigenvalue weighted by Gasteiger charge is 2.43. The second kappa shape index (κ2) is 13.0. The number of ether oxygens (including phenoxy) is 1. The number of unbranched alkanes of at least 4 members (excludes halogenated alkanes) is 2. The van der Waals surface area contributed by atoms with Gasteiger partial charge in [0.1, 0.15) is 0 Å². The molecule has 5 nitrogen and oxygen atoms in total. The Hall–Kier alpha value is -0.690. The number of hydrogen-bond donors (Lipinski definition) is 3. The van der Waals surface area contributed by atoms with Crippen molar-refractivity contribution in [2.45, 2.75) is 88.9 Å². The van der Waals surface area contributed by atoms with Crippen LogP contribution in [0.3, 0.4) is 0 Å². The van der Waals surface area contributed by atoms with Crippen molar-refractivity contribution in [2.75, 3.05) is 12.4 Å². The second-order valence-corrected chi connectivity index (χ2v) is 9.77. The Bertz CT molecular complexity index is 572. The van der Waals surface area contributed by atoms with Gasteiger partial charge in [-0.2, -0.15) is 0 Å². The lowest BCUT2D eigenvalue weighted by molar-refractivity contribution is -0.140. The molecular weight excluding hydrogens is 448 g/mol. The van der Waals surface area contributed by atoms with Crippen LogP contribution in [0.5, 0.6) is 0 Å². The van der Waals surface area contributed by atoms with E-state index in [0.29, 0.717) is 19.3 Å². The van der Waals surface area contributed by atoms with E-state index in [1.807, 2.05) is 24.3 Å². The number of esters is 1. The summed E-state index contributed by atoms with van der Waals surface area (Å²) < 4.78 is 4.63. The van der Waals surface area contributed by atoms with E-state index in [2.05, 4.69) is 20.7 Å². The van der Waals surface area contributed by atoms with Crippen molar-refractivity contribution in [1.29, 1.82) is 0 Å². The highest BCUT2D eigenvalue weighted by Crippen LogP contribution is 2.48. The molecule has 0 aromatic carbocycles. The van der Waals surface area contributed by atoms with Crippen LogP contribution in [-0.2, 0) is 9.53 Å². The van der Waals surface area contributed by atoms with E-state index in [1.54, 1.807) is 0 Å². The lowest BCUT2D eigenvalue weighted by Crippen LogP contribution is -2.40. The molecule has 0 aromatic heterocycles. The molecule has 0 heterocycles. The summed E-state index contributed by atoms with van der Waals surface area (Å²) in [5.74, 6) is -0.391. The molecule has 2 aliphatic carbocycles. The molecule has 3 N–H and O–H groups in total. The topological polar surface area (TPSA) is 87.0 Å². The van der Waals surface area contributed by atoms with Gasteiger partial charge in [0.25, 0.3) is 0 Å². The van der Waals surface area contributed by atoms with Crippen LogP contribution in [0, 0.1) is 17.3 Å². The lowest BCUT2D eigenvalue weighted by Gasteiger charge is -2.45. The monoisotopic (exact) mass is 486 g/mol. The maximum Gasteiger partial charge on any atom is 0.305 e. The molecule has 0 saturated heterocycles. The molecule has 30 heavy (non-hydrogen) atoms. The highest BCUT2D eigenvalue weighted by molar-refractivity contribution is 9.09. The first-order valence-corrected chi connectivity index (χ1v) is 12.6. The second-order valence-electron chi connectivity index (χ2n) is 8.98. The van der Waals surface area contributed by atoms with Crippen molar-refractivity contribution < 1.29 is 24.9 Å². The Morgan fingerprint density at radius 3 is 2.60 bits per heavy atom. The number of aliphatic hydroxyl groups is 3. The van der Waals surface area contributed by atoms with E-state index < -0.39 is 18.3 Å². The van der Waals surface area contributed by atoms with Gasteiger partial charge in [0.15, 0.2) is 0 Å². The normalized spacial score (nSPS) is 29.4. The number of alkyl halides is 1. The van der Waals surface area contributed by atoms with Gasteiger partial charge in [0.05, 0.1) is 25.4 Å². The van der Waals surface area contributed by atoms with Gasteiger partial charge in [-0.25, -0.2) is 0 Å². The van der Waals surface area contributed by atoms with Crippen LogP contribution in [0.1, 0.15) is 70.6 Å². The van der Waals surface area contributed by atoms with Gasteiger partial charge in [-0.05, 0) is 56.3 Å². The average Bonchev–Trinajstić information content (AvgIpc) is 2.96. The fraction of sp³-hybridized carbons (Fsp3) is 0.792. The molecule has 0 spiro atoms. The molecular formula is C24H39BrO5. The summed E-state index contributed by atoms with van der Waals surface area (Å²) >= 11 is 3.48. The van der Waals surface area contributed by atoms with Gasteiger partial charge in [-0.15, -0.1) is 0 Å². The van der Waals surface area contributed by atoms with Crippen molar-refractivity contribution in [1.82, 2.24) is 0 Å². The number of halogens is 1. The first-order chi connectivity index (χ1) is 14.4.